The topological polar surface area (TPSA) is 54.3 Å². The van der Waals surface area contributed by atoms with Gasteiger partial charge in [-0.1, -0.05) is 55.1 Å². The fourth-order valence-corrected chi connectivity index (χ4v) is 5.24. The summed E-state index contributed by atoms with van der Waals surface area (Å²) in [5.41, 5.74) is 1.11. The average molecular weight is 436 g/mol. The maximum atomic E-state index is 13.8. The minimum Gasteiger partial charge on any atom is -0.351 e. The number of carbonyl (C=O) groups is 2. The van der Waals surface area contributed by atoms with Crippen molar-refractivity contribution < 1.29 is 9.59 Å². The number of carbonyl (C=O) groups excluding carboxylic acids is 2. The SMILES string of the molecule is C[C@]1(C(=O)NC2CCCCC2)Cn2c(cc3ccccc32)C(=O)N1c1cccc(Cl)c1. The Hall–Kier alpha value is -2.79. The first-order chi connectivity index (χ1) is 15.0. The molecular weight excluding hydrogens is 410 g/mol. The molecule has 1 saturated carbocycles. The summed E-state index contributed by atoms with van der Waals surface area (Å²) in [4.78, 5) is 29.1. The number of halogens is 1. The Morgan fingerprint density at radius 2 is 1.84 bits per heavy atom. The number of hydrogen-bond acceptors (Lipinski definition) is 2. The van der Waals surface area contributed by atoms with E-state index < -0.39 is 5.54 Å². The van der Waals surface area contributed by atoms with Gasteiger partial charge in [0.2, 0.25) is 5.91 Å². The Labute approximate surface area is 187 Å². The molecule has 31 heavy (non-hydrogen) atoms. The molecule has 0 unspecified atom stereocenters. The van der Waals surface area contributed by atoms with Crippen LogP contribution in [0, 0.1) is 0 Å². The Morgan fingerprint density at radius 1 is 1.06 bits per heavy atom. The van der Waals surface area contributed by atoms with E-state index in [1.807, 2.05) is 54.0 Å². The number of rotatable bonds is 3. The molecule has 0 radical (unpaired) electrons. The van der Waals surface area contributed by atoms with Crippen molar-refractivity contribution in [3.8, 4) is 0 Å². The molecule has 0 saturated heterocycles. The first kappa shape index (κ1) is 20.1. The van der Waals surface area contributed by atoms with Gasteiger partial charge in [0.15, 0.2) is 0 Å². The molecule has 0 spiro atoms. The van der Waals surface area contributed by atoms with Crippen LogP contribution < -0.4 is 10.2 Å². The largest absolute Gasteiger partial charge is 0.351 e. The maximum Gasteiger partial charge on any atom is 0.275 e. The van der Waals surface area contributed by atoms with E-state index in [0.717, 1.165) is 36.6 Å². The van der Waals surface area contributed by atoms with Crippen molar-refractivity contribution >= 4 is 40.0 Å². The Balaban J connectivity index is 1.62. The van der Waals surface area contributed by atoms with Gasteiger partial charge in [-0.05, 0) is 50.1 Å². The number of aromatic nitrogens is 1. The van der Waals surface area contributed by atoms with Gasteiger partial charge in [-0.3, -0.25) is 14.5 Å². The molecule has 1 aliphatic carbocycles. The normalized spacial score (nSPS) is 21.9. The molecule has 3 aromatic rings. The summed E-state index contributed by atoms with van der Waals surface area (Å²) >= 11 is 6.26. The zero-order valence-electron chi connectivity index (χ0n) is 17.6. The van der Waals surface area contributed by atoms with E-state index in [1.54, 1.807) is 17.0 Å². The van der Waals surface area contributed by atoms with Crippen LogP contribution in [0.15, 0.2) is 54.6 Å². The Bertz CT molecular complexity index is 1160. The molecule has 1 aliphatic heterocycles. The first-order valence-electron chi connectivity index (χ1n) is 11.0. The summed E-state index contributed by atoms with van der Waals surface area (Å²) in [6.45, 7) is 2.24. The average Bonchev–Trinajstić information content (AvgIpc) is 3.13. The Kier molecular flexibility index (Phi) is 5.01. The van der Waals surface area contributed by atoms with Crippen LogP contribution in [-0.2, 0) is 11.3 Å². The van der Waals surface area contributed by atoms with Crippen molar-refractivity contribution in [2.45, 2.75) is 57.2 Å². The summed E-state index contributed by atoms with van der Waals surface area (Å²) in [7, 11) is 0. The second-order valence-electron chi connectivity index (χ2n) is 8.88. The van der Waals surface area contributed by atoms with Crippen molar-refractivity contribution in [2.24, 2.45) is 0 Å². The monoisotopic (exact) mass is 435 g/mol. The minimum atomic E-state index is -1.08. The number of para-hydroxylation sites is 1. The molecule has 2 aliphatic rings. The predicted octanol–water partition coefficient (Wildman–Crippen LogP) is 5.16. The quantitative estimate of drug-likeness (QED) is 0.617. The van der Waals surface area contributed by atoms with Crippen molar-refractivity contribution in [3.63, 3.8) is 0 Å². The smallest absolute Gasteiger partial charge is 0.275 e. The lowest BCUT2D eigenvalue weighted by Gasteiger charge is -2.44. The van der Waals surface area contributed by atoms with Gasteiger partial charge in [-0.25, -0.2) is 0 Å². The van der Waals surface area contributed by atoms with Gasteiger partial charge >= 0.3 is 0 Å². The van der Waals surface area contributed by atoms with Crippen LogP contribution in [0.4, 0.5) is 5.69 Å². The molecule has 5 nitrogen and oxygen atoms in total. The van der Waals surface area contributed by atoms with Crippen LogP contribution >= 0.6 is 11.6 Å². The number of hydrogen-bond donors (Lipinski definition) is 1. The fraction of sp³-hybridized carbons (Fsp3) is 0.360. The molecule has 6 heteroatoms. The van der Waals surface area contributed by atoms with Crippen molar-refractivity contribution in [3.05, 3.63) is 65.3 Å². The van der Waals surface area contributed by atoms with Crippen LogP contribution in [0.1, 0.15) is 49.5 Å². The highest BCUT2D eigenvalue weighted by Gasteiger charge is 2.49. The van der Waals surface area contributed by atoms with Gasteiger partial charge in [0.05, 0.1) is 6.54 Å². The molecule has 160 valence electrons. The van der Waals surface area contributed by atoms with E-state index in [-0.39, 0.29) is 17.9 Å². The van der Waals surface area contributed by atoms with E-state index in [1.165, 1.54) is 6.42 Å². The molecule has 0 bridgehead atoms. The zero-order valence-corrected chi connectivity index (χ0v) is 18.4. The molecular formula is C25H26ClN3O2. The van der Waals surface area contributed by atoms with Crippen LogP contribution in [0.2, 0.25) is 5.02 Å². The third-order valence-corrected chi connectivity index (χ3v) is 6.92. The van der Waals surface area contributed by atoms with Crippen LogP contribution in [0.5, 0.6) is 0 Å². The highest BCUT2D eigenvalue weighted by atomic mass is 35.5. The molecule has 1 fully saturated rings. The maximum absolute atomic E-state index is 13.8. The lowest BCUT2D eigenvalue weighted by molar-refractivity contribution is -0.127. The molecule has 1 N–H and O–H groups in total. The van der Waals surface area contributed by atoms with Crippen molar-refractivity contribution in [1.82, 2.24) is 9.88 Å². The van der Waals surface area contributed by atoms with E-state index in [2.05, 4.69) is 5.32 Å². The number of nitrogens with zero attached hydrogens (tertiary/aromatic N) is 2. The summed E-state index contributed by atoms with van der Waals surface area (Å²) in [6, 6.07) is 17.2. The summed E-state index contributed by atoms with van der Waals surface area (Å²) in [6.07, 6.45) is 5.46. The summed E-state index contributed by atoms with van der Waals surface area (Å²) < 4.78 is 1.99. The van der Waals surface area contributed by atoms with E-state index in [9.17, 15) is 9.59 Å². The van der Waals surface area contributed by atoms with Crippen molar-refractivity contribution in [2.75, 3.05) is 4.90 Å². The molecule has 2 amide bonds. The predicted molar refractivity (Wildman–Crippen MR) is 124 cm³/mol. The molecule has 1 atom stereocenters. The van der Waals surface area contributed by atoms with Crippen LogP contribution in [0.3, 0.4) is 0 Å². The van der Waals surface area contributed by atoms with Crippen molar-refractivity contribution in [1.29, 1.82) is 0 Å². The Morgan fingerprint density at radius 3 is 2.61 bits per heavy atom. The fourth-order valence-electron chi connectivity index (χ4n) is 5.05. The minimum absolute atomic E-state index is 0.115. The molecule has 2 heterocycles. The summed E-state index contributed by atoms with van der Waals surface area (Å²) in [5, 5.41) is 4.78. The molecule has 1 aromatic heterocycles. The molecule has 5 rings (SSSR count). The second-order valence-corrected chi connectivity index (χ2v) is 9.31. The van der Waals surface area contributed by atoms with E-state index in [0.29, 0.717) is 22.9 Å². The highest BCUT2D eigenvalue weighted by Crippen LogP contribution is 2.37. The summed E-state index contributed by atoms with van der Waals surface area (Å²) in [5.74, 6) is -0.304. The number of benzene rings is 2. The number of anilines is 1. The van der Waals surface area contributed by atoms with Gasteiger partial charge in [-0.15, -0.1) is 0 Å². The second kappa shape index (κ2) is 7.72. The lowest BCUT2D eigenvalue weighted by Crippen LogP contribution is -2.65. The number of amides is 2. The van der Waals surface area contributed by atoms with Gasteiger partial charge in [0.25, 0.3) is 5.91 Å². The standard InChI is InChI=1S/C25H26ClN3O2/c1-25(24(31)27-19-10-3-2-4-11-19)16-28-21-13-6-5-8-17(21)14-22(28)23(30)29(25)20-12-7-9-18(26)15-20/h5-9,12-15,19H,2-4,10-11,16H2,1H3,(H,27,31)/t25-/m1/s1. The third-order valence-electron chi connectivity index (χ3n) is 6.69. The van der Waals surface area contributed by atoms with Gasteiger partial charge in [-0.2, -0.15) is 0 Å². The highest BCUT2D eigenvalue weighted by molar-refractivity contribution is 6.31. The van der Waals surface area contributed by atoms with E-state index >= 15 is 0 Å². The van der Waals surface area contributed by atoms with E-state index in [4.69, 9.17) is 11.6 Å². The lowest BCUT2D eigenvalue weighted by atomic mass is 9.91. The number of fused-ring (bicyclic) bond motifs is 3. The van der Waals surface area contributed by atoms with Crippen LogP contribution in [-0.4, -0.2) is 28.0 Å². The molecule has 2 aromatic carbocycles. The van der Waals surface area contributed by atoms with Crippen LogP contribution in [0.25, 0.3) is 10.9 Å². The first-order valence-corrected chi connectivity index (χ1v) is 11.3. The van der Waals surface area contributed by atoms with Gasteiger partial charge in [0, 0.05) is 27.7 Å². The number of nitrogens with one attached hydrogen (secondary N) is 1. The zero-order chi connectivity index (χ0) is 21.6. The van der Waals surface area contributed by atoms with Gasteiger partial charge < -0.3 is 9.88 Å². The van der Waals surface area contributed by atoms with Gasteiger partial charge in [0.1, 0.15) is 11.2 Å². The third kappa shape index (κ3) is 3.41.